The van der Waals surface area contributed by atoms with Crippen molar-refractivity contribution >= 4 is 40.2 Å². The van der Waals surface area contributed by atoms with Gasteiger partial charge in [-0.2, -0.15) is 0 Å². The van der Waals surface area contributed by atoms with E-state index in [0.717, 1.165) is 3.57 Å². The molecular weight excluding hydrogens is 357 g/mol. The number of carboxylic acid groups (broad SMARTS) is 1. The first-order valence-corrected chi connectivity index (χ1v) is 7.30. The molecule has 1 aromatic rings. The first-order chi connectivity index (χ1) is 8.93. The summed E-state index contributed by atoms with van der Waals surface area (Å²) in [5.74, 6) is -1.16. The smallest absolute Gasteiger partial charge is 0.310 e. The molecule has 0 saturated heterocycles. The molecule has 2 N–H and O–H groups in total. The summed E-state index contributed by atoms with van der Waals surface area (Å²) >= 11 is 2.18. The third-order valence-corrected chi connectivity index (χ3v) is 4.15. The summed E-state index contributed by atoms with van der Waals surface area (Å²) in [5.41, 5.74) is -0.273. The molecule has 0 aromatic heterocycles. The van der Waals surface area contributed by atoms with Gasteiger partial charge in [0, 0.05) is 15.7 Å². The topological polar surface area (TPSA) is 66.4 Å². The van der Waals surface area contributed by atoms with Crippen LogP contribution >= 0.6 is 22.6 Å². The van der Waals surface area contributed by atoms with Crippen LogP contribution in [0, 0.1) is 8.99 Å². The zero-order valence-electron chi connectivity index (χ0n) is 11.1. The zero-order valence-corrected chi connectivity index (χ0v) is 13.2. The van der Waals surface area contributed by atoms with Crippen molar-refractivity contribution in [3.05, 3.63) is 27.8 Å². The Morgan fingerprint density at radius 2 is 1.74 bits per heavy atom. The number of aliphatic carboxylic acids is 1. The second-order valence-corrected chi connectivity index (χ2v) is 5.77. The lowest BCUT2D eigenvalue weighted by molar-refractivity contribution is -0.151. The molecule has 0 bridgehead atoms. The summed E-state index contributed by atoms with van der Waals surface area (Å²) in [7, 11) is 0. The van der Waals surface area contributed by atoms with Crippen LogP contribution in [-0.4, -0.2) is 17.0 Å². The highest BCUT2D eigenvalue weighted by molar-refractivity contribution is 14.1. The lowest BCUT2D eigenvalue weighted by Crippen LogP contribution is -2.34. The molecule has 0 heterocycles. The predicted molar refractivity (Wildman–Crippen MR) is 83.1 cm³/mol. The number of carbonyl (C=O) groups is 2. The van der Waals surface area contributed by atoms with Gasteiger partial charge in [-0.15, -0.1) is 0 Å². The number of carbonyl (C=O) groups excluding carboxylic acids is 1. The number of amides is 1. The van der Waals surface area contributed by atoms with Crippen molar-refractivity contribution in [1.29, 1.82) is 0 Å². The molecule has 0 unspecified atom stereocenters. The van der Waals surface area contributed by atoms with Crippen molar-refractivity contribution in [3.63, 3.8) is 0 Å². The van der Waals surface area contributed by atoms with E-state index in [0.29, 0.717) is 18.5 Å². The first-order valence-electron chi connectivity index (χ1n) is 6.22. The van der Waals surface area contributed by atoms with Crippen molar-refractivity contribution < 1.29 is 14.7 Å². The number of benzene rings is 1. The lowest BCUT2D eigenvalue weighted by Gasteiger charge is -2.25. The predicted octanol–water partition coefficient (Wildman–Crippen LogP) is 3.51. The molecule has 0 aliphatic rings. The fraction of sp³-hybridized carbons (Fsp3) is 0.429. The van der Waals surface area contributed by atoms with Gasteiger partial charge in [0.25, 0.3) is 0 Å². The van der Waals surface area contributed by atoms with Gasteiger partial charge in [-0.05, 0) is 59.7 Å². The van der Waals surface area contributed by atoms with Crippen LogP contribution in [0.3, 0.4) is 0 Å². The molecule has 1 aromatic carbocycles. The Bertz CT molecular complexity index is 452. The summed E-state index contributed by atoms with van der Waals surface area (Å²) in [6, 6.07) is 7.39. The molecule has 0 aliphatic heterocycles. The van der Waals surface area contributed by atoms with Gasteiger partial charge in [-0.3, -0.25) is 9.59 Å². The largest absolute Gasteiger partial charge is 0.481 e. The highest BCUT2D eigenvalue weighted by Crippen LogP contribution is 2.31. The van der Waals surface area contributed by atoms with E-state index in [1.54, 1.807) is 26.0 Å². The fourth-order valence-corrected chi connectivity index (χ4v) is 2.28. The molecule has 1 amide bonds. The van der Waals surface area contributed by atoms with Crippen molar-refractivity contribution in [3.8, 4) is 0 Å². The molecule has 1 rings (SSSR count). The van der Waals surface area contributed by atoms with Crippen molar-refractivity contribution in [2.45, 2.75) is 33.1 Å². The van der Waals surface area contributed by atoms with Crippen molar-refractivity contribution in [2.24, 2.45) is 5.41 Å². The highest BCUT2D eigenvalue weighted by Gasteiger charge is 2.37. The van der Waals surface area contributed by atoms with Crippen LogP contribution in [0.15, 0.2) is 24.3 Å². The summed E-state index contributed by atoms with van der Waals surface area (Å²) in [4.78, 5) is 23.3. The summed E-state index contributed by atoms with van der Waals surface area (Å²) < 4.78 is 1.08. The summed E-state index contributed by atoms with van der Waals surface area (Å²) in [6.45, 7) is 3.60. The van der Waals surface area contributed by atoms with Crippen molar-refractivity contribution in [1.82, 2.24) is 0 Å². The van der Waals surface area contributed by atoms with Gasteiger partial charge in [0.05, 0.1) is 5.41 Å². The summed E-state index contributed by atoms with van der Waals surface area (Å²) in [5, 5.41) is 12.0. The molecule has 104 valence electrons. The number of anilines is 1. The Kier molecular flexibility index (Phi) is 5.78. The third-order valence-electron chi connectivity index (χ3n) is 3.43. The molecular formula is C14H18INO3. The fourth-order valence-electron chi connectivity index (χ4n) is 1.92. The van der Waals surface area contributed by atoms with Gasteiger partial charge in [0.2, 0.25) is 5.91 Å². The quantitative estimate of drug-likeness (QED) is 0.748. The minimum atomic E-state index is -0.965. The van der Waals surface area contributed by atoms with Crippen LogP contribution in [0.2, 0.25) is 0 Å². The Hall–Kier alpha value is -1.11. The molecule has 5 heteroatoms. The molecule has 0 atom stereocenters. The maximum Gasteiger partial charge on any atom is 0.310 e. The Labute approximate surface area is 126 Å². The van der Waals surface area contributed by atoms with E-state index >= 15 is 0 Å². The average molecular weight is 375 g/mol. The second-order valence-electron chi connectivity index (χ2n) is 4.52. The number of hydrogen-bond donors (Lipinski definition) is 2. The second kappa shape index (κ2) is 6.88. The molecule has 19 heavy (non-hydrogen) atoms. The molecule has 0 saturated carbocycles. The van der Waals surface area contributed by atoms with Crippen LogP contribution in [0.25, 0.3) is 0 Å². The Balaban J connectivity index is 2.73. The van der Waals surface area contributed by atoms with Crippen molar-refractivity contribution in [2.75, 3.05) is 5.32 Å². The maximum absolute atomic E-state index is 12.0. The van der Waals surface area contributed by atoms with E-state index in [1.807, 2.05) is 12.1 Å². The van der Waals surface area contributed by atoms with Crippen LogP contribution in [0.4, 0.5) is 5.69 Å². The van der Waals surface area contributed by atoms with E-state index < -0.39 is 11.4 Å². The van der Waals surface area contributed by atoms with Gasteiger partial charge < -0.3 is 10.4 Å². The van der Waals surface area contributed by atoms with E-state index in [-0.39, 0.29) is 12.3 Å². The number of rotatable bonds is 6. The number of hydrogen-bond acceptors (Lipinski definition) is 2. The highest BCUT2D eigenvalue weighted by atomic mass is 127. The third kappa shape index (κ3) is 4.19. The molecule has 0 spiro atoms. The van der Waals surface area contributed by atoms with E-state index in [9.17, 15) is 14.7 Å². The van der Waals surface area contributed by atoms with Crippen LogP contribution in [0.5, 0.6) is 0 Å². The monoisotopic (exact) mass is 375 g/mol. The number of carboxylic acids is 1. The first kappa shape index (κ1) is 15.9. The van der Waals surface area contributed by atoms with Crippen LogP contribution in [-0.2, 0) is 9.59 Å². The zero-order chi connectivity index (χ0) is 14.5. The molecule has 0 aliphatic carbocycles. The van der Waals surface area contributed by atoms with Gasteiger partial charge in [-0.1, -0.05) is 13.8 Å². The molecule has 4 nitrogen and oxygen atoms in total. The Morgan fingerprint density at radius 1 is 1.21 bits per heavy atom. The minimum absolute atomic E-state index is 0.00131. The summed E-state index contributed by atoms with van der Waals surface area (Å²) in [6.07, 6.45) is 0.888. The molecule has 0 radical (unpaired) electrons. The normalized spacial score (nSPS) is 11.1. The number of nitrogens with one attached hydrogen (secondary N) is 1. The molecule has 0 fully saturated rings. The van der Waals surface area contributed by atoms with E-state index in [2.05, 4.69) is 27.9 Å². The minimum Gasteiger partial charge on any atom is -0.481 e. The van der Waals surface area contributed by atoms with Crippen LogP contribution < -0.4 is 5.32 Å². The van der Waals surface area contributed by atoms with Crippen LogP contribution in [0.1, 0.15) is 33.1 Å². The average Bonchev–Trinajstić information content (AvgIpc) is 2.38. The SMILES string of the molecule is CCC(CC)(CC(=O)Nc1ccc(I)cc1)C(=O)O. The van der Waals surface area contributed by atoms with Gasteiger partial charge in [-0.25, -0.2) is 0 Å². The maximum atomic E-state index is 12.0. The lowest BCUT2D eigenvalue weighted by atomic mass is 9.79. The standard InChI is InChI=1S/C14H18INO3/c1-3-14(4-2,13(18)19)9-12(17)16-11-7-5-10(15)6-8-11/h5-8H,3-4,9H2,1-2H3,(H,16,17)(H,18,19). The van der Waals surface area contributed by atoms with Gasteiger partial charge in [0.15, 0.2) is 0 Å². The van der Waals surface area contributed by atoms with E-state index in [4.69, 9.17) is 0 Å². The van der Waals surface area contributed by atoms with Gasteiger partial charge in [0.1, 0.15) is 0 Å². The Morgan fingerprint density at radius 3 is 2.16 bits per heavy atom. The number of halogens is 1. The van der Waals surface area contributed by atoms with E-state index in [1.165, 1.54) is 0 Å². The van der Waals surface area contributed by atoms with Gasteiger partial charge >= 0.3 is 5.97 Å².